The van der Waals surface area contributed by atoms with Crippen molar-refractivity contribution >= 4 is 6.03 Å². The standard InChI is InChI=1S/C23H23N5O3/c1-15-5-7-16(8-6-15)21(17-9-11-18(30-2)12-10-17)26-23(29)24-14-20-25-22(28-27-20)19-4-3-13-31-19/h3-13,21H,14H2,1-2H3,(H2,24,26,29)(H,25,27,28). The van der Waals surface area contributed by atoms with Crippen LogP contribution in [0, 0.1) is 6.92 Å². The normalized spacial score (nSPS) is 11.7. The highest BCUT2D eigenvalue weighted by atomic mass is 16.5. The van der Waals surface area contributed by atoms with Gasteiger partial charge in [-0.15, -0.1) is 5.10 Å². The molecule has 8 heteroatoms. The molecular formula is C23H23N5O3. The van der Waals surface area contributed by atoms with Crippen LogP contribution in [0.4, 0.5) is 4.79 Å². The van der Waals surface area contributed by atoms with Gasteiger partial charge in [0, 0.05) is 0 Å². The summed E-state index contributed by atoms with van der Waals surface area (Å²) in [5.41, 5.74) is 3.07. The van der Waals surface area contributed by atoms with Crippen LogP contribution in [-0.4, -0.2) is 28.3 Å². The highest BCUT2D eigenvalue weighted by Gasteiger charge is 2.17. The van der Waals surface area contributed by atoms with Crippen LogP contribution in [0.2, 0.25) is 0 Å². The Hall–Kier alpha value is -4.07. The summed E-state index contributed by atoms with van der Waals surface area (Å²) in [6.07, 6.45) is 1.56. The van der Waals surface area contributed by atoms with E-state index in [1.807, 2.05) is 55.5 Å². The number of aromatic nitrogens is 3. The SMILES string of the molecule is COc1ccc(C(NC(=O)NCc2nc(-c3ccco3)n[nH]2)c2ccc(C)cc2)cc1. The summed E-state index contributed by atoms with van der Waals surface area (Å²) in [6.45, 7) is 2.23. The quantitative estimate of drug-likeness (QED) is 0.422. The zero-order valence-electron chi connectivity index (χ0n) is 17.3. The fourth-order valence-corrected chi connectivity index (χ4v) is 3.15. The molecule has 2 aromatic carbocycles. The van der Waals surface area contributed by atoms with E-state index in [0.717, 1.165) is 22.4 Å². The second-order valence-electron chi connectivity index (χ2n) is 7.03. The predicted molar refractivity (Wildman–Crippen MR) is 115 cm³/mol. The highest BCUT2D eigenvalue weighted by Crippen LogP contribution is 2.24. The van der Waals surface area contributed by atoms with Crippen molar-refractivity contribution < 1.29 is 13.9 Å². The molecule has 31 heavy (non-hydrogen) atoms. The number of furan rings is 1. The van der Waals surface area contributed by atoms with Crippen molar-refractivity contribution in [2.24, 2.45) is 0 Å². The number of amides is 2. The molecule has 0 saturated heterocycles. The van der Waals surface area contributed by atoms with Crippen molar-refractivity contribution in [3.63, 3.8) is 0 Å². The number of nitrogens with one attached hydrogen (secondary N) is 3. The minimum absolute atomic E-state index is 0.197. The van der Waals surface area contributed by atoms with Crippen LogP contribution in [0.25, 0.3) is 11.6 Å². The van der Waals surface area contributed by atoms with E-state index in [9.17, 15) is 4.79 Å². The maximum Gasteiger partial charge on any atom is 0.315 e. The summed E-state index contributed by atoms with van der Waals surface area (Å²) in [7, 11) is 1.62. The van der Waals surface area contributed by atoms with Gasteiger partial charge in [-0.05, 0) is 42.3 Å². The maximum absolute atomic E-state index is 12.7. The highest BCUT2D eigenvalue weighted by molar-refractivity contribution is 5.75. The molecule has 1 atom stereocenters. The van der Waals surface area contributed by atoms with E-state index in [0.29, 0.717) is 17.4 Å². The van der Waals surface area contributed by atoms with E-state index >= 15 is 0 Å². The second-order valence-corrected chi connectivity index (χ2v) is 7.03. The average Bonchev–Trinajstić information content (AvgIpc) is 3.49. The Morgan fingerprint density at radius 1 is 1.10 bits per heavy atom. The number of ether oxygens (including phenoxy) is 1. The molecule has 0 aliphatic carbocycles. The Morgan fingerprint density at radius 3 is 2.45 bits per heavy atom. The molecule has 0 radical (unpaired) electrons. The lowest BCUT2D eigenvalue weighted by Gasteiger charge is -2.20. The van der Waals surface area contributed by atoms with Crippen molar-refractivity contribution in [1.29, 1.82) is 0 Å². The number of benzene rings is 2. The number of hydrogen-bond acceptors (Lipinski definition) is 5. The molecule has 0 spiro atoms. The minimum atomic E-state index is -0.322. The van der Waals surface area contributed by atoms with Crippen LogP contribution in [0.5, 0.6) is 5.75 Å². The summed E-state index contributed by atoms with van der Waals surface area (Å²) in [5, 5.41) is 12.8. The van der Waals surface area contributed by atoms with Crippen LogP contribution in [0.1, 0.15) is 28.6 Å². The van der Waals surface area contributed by atoms with Gasteiger partial charge in [0.1, 0.15) is 11.6 Å². The van der Waals surface area contributed by atoms with E-state index in [4.69, 9.17) is 9.15 Å². The van der Waals surface area contributed by atoms with Gasteiger partial charge in [0.15, 0.2) is 5.76 Å². The van der Waals surface area contributed by atoms with Crippen LogP contribution in [-0.2, 0) is 6.54 Å². The van der Waals surface area contributed by atoms with Gasteiger partial charge in [0.25, 0.3) is 0 Å². The largest absolute Gasteiger partial charge is 0.497 e. The molecule has 2 aromatic heterocycles. The summed E-state index contributed by atoms with van der Waals surface area (Å²) in [6, 6.07) is 18.6. The minimum Gasteiger partial charge on any atom is -0.497 e. The predicted octanol–water partition coefficient (Wildman–Crippen LogP) is 3.97. The van der Waals surface area contributed by atoms with Crippen molar-refractivity contribution in [3.05, 3.63) is 89.4 Å². The number of carbonyl (C=O) groups is 1. The van der Waals surface area contributed by atoms with Gasteiger partial charge in [-0.2, -0.15) is 0 Å². The average molecular weight is 417 g/mol. The number of nitrogens with zero attached hydrogens (tertiary/aromatic N) is 2. The topological polar surface area (TPSA) is 105 Å². The second kappa shape index (κ2) is 9.17. The molecule has 0 fully saturated rings. The first kappa shape index (κ1) is 20.2. The number of aromatic amines is 1. The van der Waals surface area contributed by atoms with Gasteiger partial charge in [-0.1, -0.05) is 42.0 Å². The molecule has 158 valence electrons. The van der Waals surface area contributed by atoms with Crippen LogP contribution < -0.4 is 15.4 Å². The Balaban J connectivity index is 1.45. The molecule has 2 amide bonds. The molecule has 0 bridgehead atoms. The number of methoxy groups -OCH3 is 1. The first-order valence-electron chi connectivity index (χ1n) is 9.82. The van der Waals surface area contributed by atoms with Gasteiger partial charge >= 0.3 is 6.03 Å². The molecule has 2 heterocycles. The molecule has 0 aliphatic rings. The third-order valence-electron chi connectivity index (χ3n) is 4.82. The summed E-state index contributed by atoms with van der Waals surface area (Å²) < 4.78 is 10.5. The zero-order chi connectivity index (χ0) is 21.6. The molecule has 4 rings (SSSR count). The molecule has 1 unspecified atom stereocenters. The third-order valence-corrected chi connectivity index (χ3v) is 4.82. The van der Waals surface area contributed by atoms with E-state index in [1.165, 1.54) is 0 Å². The lowest BCUT2D eigenvalue weighted by atomic mass is 9.98. The van der Waals surface area contributed by atoms with E-state index in [2.05, 4.69) is 25.8 Å². The van der Waals surface area contributed by atoms with Crippen LogP contribution >= 0.6 is 0 Å². The van der Waals surface area contributed by atoms with Crippen LogP contribution in [0.15, 0.2) is 71.3 Å². The zero-order valence-corrected chi connectivity index (χ0v) is 17.3. The summed E-state index contributed by atoms with van der Waals surface area (Å²) in [5.74, 6) is 2.29. The Labute approximate surface area is 179 Å². The Morgan fingerprint density at radius 2 is 1.81 bits per heavy atom. The fraction of sp³-hybridized carbons (Fsp3) is 0.174. The Bertz CT molecular complexity index is 1120. The maximum atomic E-state index is 12.7. The third kappa shape index (κ3) is 4.92. The van der Waals surface area contributed by atoms with Crippen molar-refractivity contribution in [3.8, 4) is 17.3 Å². The van der Waals surface area contributed by atoms with Gasteiger partial charge in [-0.25, -0.2) is 9.78 Å². The smallest absolute Gasteiger partial charge is 0.315 e. The molecule has 0 aliphatic heterocycles. The molecule has 8 nitrogen and oxygen atoms in total. The first-order chi connectivity index (χ1) is 15.1. The number of aryl methyl sites for hydroxylation is 1. The summed E-state index contributed by atoms with van der Waals surface area (Å²) in [4.78, 5) is 17.0. The number of H-pyrrole nitrogens is 1. The van der Waals surface area contributed by atoms with Crippen LogP contribution in [0.3, 0.4) is 0 Å². The van der Waals surface area contributed by atoms with Gasteiger partial charge in [-0.3, -0.25) is 5.10 Å². The van der Waals surface area contributed by atoms with Crippen molar-refractivity contribution in [2.75, 3.05) is 7.11 Å². The number of urea groups is 1. The Kier molecular flexibility index (Phi) is 5.98. The van der Waals surface area contributed by atoms with Gasteiger partial charge in [0.05, 0.1) is 26.0 Å². The number of hydrogen-bond donors (Lipinski definition) is 3. The lowest BCUT2D eigenvalue weighted by molar-refractivity contribution is 0.238. The van der Waals surface area contributed by atoms with Crippen molar-refractivity contribution in [1.82, 2.24) is 25.8 Å². The number of rotatable bonds is 7. The van der Waals surface area contributed by atoms with E-state index < -0.39 is 0 Å². The lowest BCUT2D eigenvalue weighted by Crippen LogP contribution is -2.38. The van der Waals surface area contributed by atoms with Gasteiger partial charge < -0.3 is 19.8 Å². The molecular weight excluding hydrogens is 394 g/mol. The van der Waals surface area contributed by atoms with Gasteiger partial charge in [0.2, 0.25) is 5.82 Å². The van der Waals surface area contributed by atoms with E-state index in [1.54, 1.807) is 25.5 Å². The molecule has 0 saturated carbocycles. The first-order valence-corrected chi connectivity index (χ1v) is 9.82. The molecule has 3 N–H and O–H groups in total. The summed E-state index contributed by atoms with van der Waals surface area (Å²) >= 11 is 0. The number of carbonyl (C=O) groups excluding carboxylic acids is 1. The fourth-order valence-electron chi connectivity index (χ4n) is 3.15. The van der Waals surface area contributed by atoms with E-state index in [-0.39, 0.29) is 18.6 Å². The monoisotopic (exact) mass is 417 g/mol. The van der Waals surface area contributed by atoms with Crippen molar-refractivity contribution in [2.45, 2.75) is 19.5 Å². The molecule has 4 aromatic rings.